The van der Waals surface area contributed by atoms with Gasteiger partial charge in [-0.3, -0.25) is 4.90 Å². The van der Waals surface area contributed by atoms with E-state index >= 15 is 0 Å². The lowest BCUT2D eigenvalue weighted by Crippen LogP contribution is -2.45. The number of halogens is 3. The van der Waals surface area contributed by atoms with E-state index in [1.165, 1.54) is 6.07 Å². The van der Waals surface area contributed by atoms with Gasteiger partial charge in [0, 0.05) is 16.6 Å². The van der Waals surface area contributed by atoms with Crippen molar-refractivity contribution in [1.82, 2.24) is 4.90 Å². The van der Waals surface area contributed by atoms with E-state index in [0.29, 0.717) is 10.0 Å². The molecule has 0 fully saturated rings. The Balaban J connectivity index is 2.27. The number of alkyl halides is 2. The molecule has 20 heavy (non-hydrogen) atoms. The monoisotopic (exact) mass is 347 g/mol. The number of hydrogen-bond donors (Lipinski definition) is 0. The average molecular weight is 348 g/mol. The lowest BCUT2D eigenvalue weighted by Gasteiger charge is -2.35. The van der Waals surface area contributed by atoms with Crippen LogP contribution in [0.2, 0.25) is 0 Å². The van der Waals surface area contributed by atoms with Crippen molar-refractivity contribution in [3.63, 3.8) is 0 Å². The fraction of sp³-hybridized carbons (Fsp3) is 0.500. The smallest absolute Gasteiger partial charge is 0.410 e. The Labute approximate surface area is 125 Å². The third-order valence-corrected chi connectivity index (χ3v) is 3.36. The van der Waals surface area contributed by atoms with E-state index in [0.717, 1.165) is 4.90 Å². The lowest BCUT2D eigenvalue weighted by molar-refractivity contribution is -0.0592. The summed E-state index contributed by atoms with van der Waals surface area (Å²) in [6.07, 6.45) is -0.717. The lowest BCUT2D eigenvalue weighted by atomic mass is 9.97. The SMILES string of the molecule is CC(C)(C)OC(=O)N1Cc2ccc(Br)cc2C(F)(F)C1. The number of ether oxygens (including phenoxy) is 1. The normalized spacial score (nSPS) is 17.6. The summed E-state index contributed by atoms with van der Waals surface area (Å²) in [6, 6.07) is 4.69. The molecule has 3 nitrogen and oxygen atoms in total. The van der Waals surface area contributed by atoms with Crippen molar-refractivity contribution in [3.05, 3.63) is 33.8 Å². The Hall–Kier alpha value is -1.17. The van der Waals surface area contributed by atoms with E-state index < -0.39 is 24.2 Å². The number of fused-ring (bicyclic) bond motifs is 1. The van der Waals surface area contributed by atoms with Gasteiger partial charge in [-0.2, -0.15) is 8.78 Å². The largest absolute Gasteiger partial charge is 0.444 e. The van der Waals surface area contributed by atoms with Crippen LogP contribution in [0.4, 0.5) is 13.6 Å². The zero-order valence-electron chi connectivity index (χ0n) is 11.5. The molecule has 1 aliphatic heterocycles. The quantitative estimate of drug-likeness (QED) is 0.700. The average Bonchev–Trinajstić information content (AvgIpc) is 2.27. The third-order valence-electron chi connectivity index (χ3n) is 2.87. The first-order valence-electron chi connectivity index (χ1n) is 6.23. The molecular weight excluding hydrogens is 332 g/mol. The number of hydrogen-bond acceptors (Lipinski definition) is 2. The number of carbonyl (C=O) groups excluding carboxylic acids is 1. The summed E-state index contributed by atoms with van der Waals surface area (Å²) in [6.45, 7) is 4.59. The highest BCUT2D eigenvalue weighted by Gasteiger charge is 2.42. The van der Waals surface area contributed by atoms with E-state index in [1.807, 2.05) is 0 Å². The van der Waals surface area contributed by atoms with Gasteiger partial charge in [-0.15, -0.1) is 0 Å². The molecule has 0 bridgehead atoms. The van der Waals surface area contributed by atoms with Crippen LogP contribution in [0.15, 0.2) is 22.7 Å². The highest BCUT2D eigenvalue weighted by Crippen LogP contribution is 2.38. The van der Waals surface area contributed by atoms with E-state index in [4.69, 9.17) is 4.74 Å². The van der Waals surface area contributed by atoms with Gasteiger partial charge in [-0.05, 0) is 38.5 Å². The summed E-state index contributed by atoms with van der Waals surface area (Å²) >= 11 is 3.19. The van der Waals surface area contributed by atoms with Gasteiger partial charge < -0.3 is 4.74 Å². The number of carbonyl (C=O) groups is 1. The molecule has 0 spiro atoms. The van der Waals surface area contributed by atoms with Crippen LogP contribution >= 0.6 is 15.9 Å². The zero-order chi connectivity index (χ0) is 15.1. The first-order valence-corrected chi connectivity index (χ1v) is 7.02. The molecule has 1 aromatic rings. The number of benzene rings is 1. The molecule has 6 heteroatoms. The van der Waals surface area contributed by atoms with E-state index in [2.05, 4.69) is 15.9 Å². The summed E-state index contributed by atoms with van der Waals surface area (Å²) in [4.78, 5) is 13.0. The maximum absolute atomic E-state index is 14.2. The van der Waals surface area contributed by atoms with Gasteiger partial charge in [0.15, 0.2) is 0 Å². The molecule has 1 aliphatic rings. The molecule has 110 valence electrons. The van der Waals surface area contributed by atoms with Gasteiger partial charge >= 0.3 is 6.09 Å². The molecule has 1 heterocycles. The van der Waals surface area contributed by atoms with Crippen LogP contribution in [0.5, 0.6) is 0 Å². The summed E-state index contributed by atoms with van der Waals surface area (Å²) in [5.41, 5.74) is -0.297. The maximum atomic E-state index is 14.2. The molecule has 0 unspecified atom stereocenters. The summed E-state index contributed by atoms with van der Waals surface area (Å²) in [7, 11) is 0. The van der Waals surface area contributed by atoms with E-state index in [1.54, 1.807) is 32.9 Å². The fourth-order valence-corrected chi connectivity index (χ4v) is 2.43. The molecule has 2 rings (SSSR count). The molecule has 0 aromatic heterocycles. The predicted molar refractivity (Wildman–Crippen MR) is 74.7 cm³/mol. The fourth-order valence-electron chi connectivity index (χ4n) is 2.07. The van der Waals surface area contributed by atoms with Crippen molar-refractivity contribution >= 4 is 22.0 Å². The summed E-state index contributed by atoms with van der Waals surface area (Å²) in [5, 5.41) is 0. The predicted octanol–water partition coefficient (Wildman–Crippen LogP) is 4.29. The first-order chi connectivity index (χ1) is 9.08. The van der Waals surface area contributed by atoms with Crippen LogP contribution in [-0.2, 0) is 17.2 Å². The Morgan fingerprint density at radius 3 is 2.65 bits per heavy atom. The van der Waals surface area contributed by atoms with Gasteiger partial charge in [-0.1, -0.05) is 22.0 Å². The Morgan fingerprint density at radius 2 is 2.05 bits per heavy atom. The van der Waals surface area contributed by atoms with Gasteiger partial charge in [-0.25, -0.2) is 4.79 Å². The molecule has 0 saturated carbocycles. The number of amides is 1. The topological polar surface area (TPSA) is 29.5 Å². The van der Waals surface area contributed by atoms with Gasteiger partial charge in [0.05, 0.1) is 6.54 Å². The Bertz CT molecular complexity index is 540. The Morgan fingerprint density at radius 1 is 1.40 bits per heavy atom. The second-order valence-electron chi connectivity index (χ2n) is 5.84. The van der Waals surface area contributed by atoms with Crippen molar-refractivity contribution < 1.29 is 18.3 Å². The van der Waals surface area contributed by atoms with Crippen LogP contribution in [0.25, 0.3) is 0 Å². The minimum Gasteiger partial charge on any atom is -0.444 e. The highest BCUT2D eigenvalue weighted by atomic mass is 79.9. The molecule has 1 aromatic carbocycles. The second-order valence-corrected chi connectivity index (χ2v) is 6.76. The van der Waals surface area contributed by atoms with Crippen molar-refractivity contribution in [1.29, 1.82) is 0 Å². The van der Waals surface area contributed by atoms with Gasteiger partial charge in [0.1, 0.15) is 5.60 Å². The molecule has 0 N–H and O–H groups in total. The van der Waals surface area contributed by atoms with Gasteiger partial charge in [0.2, 0.25) is 0 Å². The molecule has 0 atom stereocenters. The van der Waals surface area contributed by atoms with Crippen LogP contribution in [0.1, 0.15) is 31.9 Å². The van der Waals surface area contributed by atoms with Crippen molar-refractivity contribution in [2.75, 3.05) is 6.54 Å². The second kappa shape index (κ2) is 4.98. The van der Waals surface area contributed by atoms with E-state index in [-0.39, 0.29) is 12.1 Å². The molecule has 1 amide bonds. The first kappa shape index (κ1) is 15.2. The highest BCUT2D eigenvalue weighted by molar-refractivity contribution is 9.10. The molecule has 0 saturated heterocycles. The third kappa shape index (κ3) is 3.29. The molecule has 0 aliphatic carbocycles. The number of rotatable bonds is 0. The van der Waals surface area contributed by atoms with Gasteiger partial charge in [0.25, 0.3) is 5.92 Å². The van der Waals surface area contributed by atoms with Crippen LogP contribution in [0.3, 0.4) is 0 Å². The van der Waals surface area contributed by atoms with Crippen molar-refractivity contribution in [2.45, 2.75) is 38.8 Å². The minimum absolute atomic E-state index is 0.0355. The van der Waals surface area contributed by atoms with Crippen molar-refractivity contribution in [2.24, 2.45) is 0 Å². The maximum Gasteiger partial charge on any atom is 0.410 e. The number of nitrogens with zero attached hydrogens (tertiary/aromatic N) is 1. The molecule has 0 radical (unpaired) electrons. The zero-order valence-corrected chi connectivity index (χ0v) is 13.1. The van der Waals surface area contributed by atoms with Crippen LogP contribution in [-0.4, -0.2) is 23.1 Å². The molecular formula is C14H16BrF2NO2. The summed E-state index contributed by atoms with van der Waals surface area (Å²) < 4.78 is 34.1. The van der Waals surface area contributed by atoms with E-state index in [9.17, 15) is 13.6 Å². The van der Waals surface area contributed by atoms with Crippen LogP contribution < -0.4 is 0 Å². The standard InChI is InChI=1S/C14H16BrF2NO2/c1-13(2,3)20-12(19)18-7-9-4-5-10(15)6-11(9)14(16,17)8-18/h4-6H,7-8H2,1-3H3. The summed E-state index contributed by atoms with van der Waals surface area (Å²) in [5.74, 6) is -3.08. The minimum atomic E-state index is -3.08. The van der Waals surface area contributed by atoms with Crippen LogP contribution in [0, 0.1) is 0 Å². The van der Waals surface area contributed by atoms with Crippen molar-refractivity contribution in [3.8, 4) is 0 Å². The Kier molecular flexibility index (Phi) is 3.79.